The quantitative estimate of drug-likeness (QED) is 0.600. The SMILES string of the molecule is C/C=B\CCC1=C(C)C(CC)=C(C)CC1. The zero-order valence-corrected chi connectivity index (χ0v) is 10.7. The fraction of sp³-hybridized carbons (Fsp3) is 0.643. The molecule has 1 heteroatoms. The first-order chi connectivity index (χ1) is 7.20. The number of hydrogen-bond acceptors (Lipinski definition) is 0. The fourth-order valence-electron chi connectivity index (χ4n) is 2.51. The van der Waals surface area contributed by atoms with Crippen LogP contribution in [-0.4, -0.2) is 12.9 Å². The molecule has 0 unspecified atom stereocenters. The van der Waals surface area contributed by atoms with Crippen molar-refractivity contribution in [2.75, 3.05) is 0 Å². The summed E-state index contributed by atoms with van der Waals surface area (Å²) in [5.41, 5.74) is 6.52. The van der Waals surface area contributed by atoms with E-state index in [1.165, 1.54) is 32.0 Å². The molecular formula is C14H23B. The summed E-state index contributed by atoms with van der Waals surface area (Å²) in [7, 11) is 0. The molecule has 0 heterocycles. The molecule has 82 valence electrons. The van der Waals surface area contributed by atoms with Gasteiger partial charge in [-0.1, -0.05) is 0 Å². The van der Waals surface area contributed by atoms with Crippen LogP contribution in [0.2, 0.25) is 6.32 Å². The second kappa shape index (κ2) is 6.10. The van der Waals surface area contributed by atoms with E-state index in [9.17, 15) is 0 Å². The fourth-order valence-corrected chi connectivity index (χ4v) is 2.51. The van der Waals surface area contributed by atoms with Crippen molar-refractivity contribution in [1.82, 2.24) is 0 Å². The zero-order chi connectivity index (χ0) is 11.3. The maximum absolute atomic E-state index is 2.31. The van der Waals surface area contributed by atoms with Gasteiger partial charge < -0.3 is 0 Å². The molecule has 15 heavy (non-hydrogen) atoms. The van der Waals surface area contributed by atoms with Crippen LogP contribution in [0.4, 0.5) is 0 Å². The number of allylic oxidation sites excluding steroid dienone is 4. The van der Waals surface area contributed by atoms with E-state index < -0.39 is 0 Å². The molecule has 1 rings (SSSR count). The third-order valence-electron chi connectivity index (χ3n) is 3.50. The van der Waals surface area contributed by atoms with Crippen molar-refractivity contribution in [3.63, 3.8) is 0 Å². The topological polar surface area (TPSA) is 0 Å². The van der Waals surface area contributed by atoms with Gasteiger partial charge in [-0.25, -0.2) is 0 Å². The molecule has 0 atom stereocenters. The summed E-state index contributed by atoms with van der Waals surface area (Å²) < 4.78 is 0. The number of rotatable bonds is 4. The Morgan fingerprint density at radius 1 is 1.27 bits per heavy atom. The molecule has 0 saturated heterocycles. The van der Waals surface area contributed by atoms with E-state index in [0.29, 0.717) is 0 Å². The molecule has 0 amide bonds. The monoisotopic (exact) mass is 202 g/mol. The van der Waals surface area contributed by atoms with Gasteiger partial charge in [-0.3, -0.25) is 0 Å². The molecule has 0 nitrogen and oxygen atoms in total. The molecule has 1 aliphatic carbocycles. The van der Waals surface area contributed by atoms with E-state index >= 15 is 0 Å². The molecule has 0 aromatic rings. The summed E-state index contributed by atoms with van der Waals surface area (Å²) in [6.45, 7) is 11.3. The Bertz CT molecular complexity index is 305. The summed E-state index contributed by atoms with van der Waals surface area (Å²) in [6.07, 6.45) is 6.24. The molecule has 0 radical (unpaired) electrons. The Balaban J connectivity index is 2.75. The molecule has 0 fully saturated rings. The van der Waals surface area contributed by atoms with Gasteiger partial charge in [0.15, 0.2) is 0 Å². The molecule has 0 bridgehead atoms. The van der Waals surface area contributed by atoms with Crippen LogP contribution in [0.3, 0.4) is 0 Å². The van der Waals surface area contributed by atoms with Crippen LogP contribution in [0.1, 0.15) is 53.4 Å². The minimum atomic E-state index is 1.20. The molecule has 0 spiro atoms. The Labute approximate surface area is 95.4 Å². The van der Waals surface area contributed by atoms with Crippen molar-refractivity contribution >= 4 is 12.9 Å². The Morgan fingerprint density at radius 2 is 2.00 bits per heavy atom. The van der Waals surface area contributed by atoms with E-state index in [-0.39, 0.29) is 0 Å². The van der Waals surface area contributed by atoms with Crippen LogP contribution in [0, 0.1) is 0 Å². The first kappa shape index (κ1) is 12.5. The Hall–Kier alpha value is -0.585. The molecular weight excluding hydrogens is 179 g/mol. The van der Waals surface area contributed by atoms with Gasteiger partial charge in [-0.2, -0.15) is 0 Å². The van der Waals surface area contributed by atoms with Gasteiger partial charge in [0, 0.05) is 0 Å². The second-order valence-electron chi connectivity index (χ2n) is 4.45. The molecule has 1 aliphatic rings. The van der Waals surface area contributed by atoms with Crippen molar-refractivity contribution in [3.8, 4) is 0 Å². The second-order valence-corrected chi connectivity index (χ2v) is 4.45. The first-order valence-electron chi connectivity index (χ1n) is 6.19. The third-order valence-corrected chi connectivity index (χ3v) is 3.50. The van der Waals surface area contributed by atoms with Gasteiger partial charge in [0.05, 0.1) is 0 Å². The van der Waals surface area contributed by atoms with Crippen molar-refractivity contribution in [2.24, 2.45) is 0 Å². The normalized spacial score (nSPS) is 17.6. The summed E-state index contributed by atoms with van der Waals surface area (Å²) >= 11 is 0. The Morgan fingerprint density at radius 3 is 2.60 bits per heavy atom. The van der Waals surface area contributed by atoms with Gasteiger partial charge in [-0.15, -0.1) is 0 Å². The van der Waals surface area contributed by atoms with Gasteiger partial charge in [0.2, 0.25) is 0 Å². The molecule has 0 aromatic heterocycles. The van der Waals surface area contributed by atoms with Crippen molar-refractivity contribution in [1.29, 1.82) is 0 Å². The zero-order valence-electron chi connectivity index (χ0n) is 10.7. The van der Waals surface area contributed by atoms with E-state index in [4.69, 9.17) is 0 Å². The van der Waals surface area contributed by atoms with E-state index in [1.54, 1.807) is 22.3 Å². The van der Waals surface area contributed by atoms with Crippen LogP contribution in [-0.2, 0) is 0 Å². The van der Waals surface area contributed by atoms with E-state index in [1.807, 2.05) is 0 Å². The van der Waals surface area contributed by atoms with Crippen LogP contribution >= 0.6 is 0 Å². The van der Waals surface area contributed by atoms with E-state index in [2.05, 4.69) is 40.6 Å². The Kier molecular flexibility index (Phi) is 5.07. The average molecular weight is 202 g/mol. The standard InChI is InChI=1S/C14H23B/c1-5-14-11(3)7-8-13(12(14)4)9-10-15-6-2/h6H,5,7-10H2,1-4H3. The van der Waals surface area contributed by atoms with Crippen LogP contribution < -0.4 is 0 Å². The van der Waals surface area contributed by atoms with Crippen LogP contribution in [0.25, 0.3) is 0 Å². The molecule has 0 saturated carbocycles. The summed E-state index contributed by atoms with van der Waals surface area (Å²) in [6, 6.07) is 0. The van der Waals surface area contributed by atoms with Gasteiger partial charge in [-0.05, 0) is 0 Å². The van der Waals surface area contributed by atoms with Crippen molar-refractivity contribution < 1.29 is 0 Å². The summed E-state index contributed by atoms with van der Waals surface area (Å²) in [5, 5.41) is 0. The van der Waals surface area contributed by atoms with Gasteiger partial charge in [0.1, 0.15) is 0 Å². The van der Waals surface area contributed by atoms with Crippen molar-refractivity contribution in [2.45, 2.75) is 59.7 Å². The molecule has 0 aliphatic heterocycles. The summed E-state index contributed by atoms with van der Waals surface area (Å²) in [5.74, 6) is 2.15. The summed E-state index contributed by atoms with van der Waals surface area (Å²) in [4.78, 5) is 0. The van der Waals surface area contributed by atoms with Gasteiger partial charge in [0.25, 0.3) is 0 Å². The first-order valence-corrected chi connectivity index (χ1v) is 6.19. The van der Waals surface area contributed by atoms with Crippen LogP contribution in [0.15, 0.2) is 22.3 Å². The van der Waals surface area contributed by atoms with Gasteiger partial charge >= 0.3 is 94.9 Å². The minimum absolute atomic E-state index is 1.20. The molecule has 0 N–H and O–H groups in total. The predicted octanol–water partition coefficient (Wildman–Crippen LogP) is 4.16. The molecule has 0 aromatic carbocycles. The average Bonchev–Trinajstić information content (AvgIpc) is 2.22. The van der Waals surface area contributed by atoms with E-state index in [0.717, 1.165) is 0 Å². The maximum atomic E-state index is 2.31. The third kappa shape index (κ3) is 3.19. The number of hydrogen-bond donors (Lipinski definition) is 0. The predicted molar refractivity (Wildman–Crippen MR) is 71.8 cm³/mol. The van der Waals surface area contributed by atoms with Crippen LogP contribution in [0.5, 0.6) is 0 Å². The van der Waals surface area contributed by atoms with Crippen molar-refractivity contribution in [3.05, 3.63) is 22.3 Å².